The Balaban J connectivity index is 1.84. The molecular formula is C29H25N2O5+. The first-order chi connectivity index (χ1) is 17.2. The number of carboxylic acids is 1. The minimum atomic E-state index is -1.14. The first-order valence-electron chi connectivity index (χ1n) is 11.5. The van der Waals surface area contributed by atoms with Gasteiger partial charge in [0.2, 0.25) is 5.36 Å². The predicted octanol–water partition coefficient (Wildman–Crippen LogP) is 3.79. The highest BCUT2D eigenvalue weighted by atomic mass is 16.4. The van der Waals surface area contributed by atoms with Crippen LogP contribution in [0.3, 0.4) is 0 Å². The number of carbonyl (C=O) groups is 3. The first-order valence-corrected chi connectivity index (χ1v) is 11.5. The van der Waals surface area contributed by atoms with Gasteiger partial charge in [-0.1, -0.05) is 12.1 Å². The highest BCUT2D eigenvalue weighted by Gasteiger charge is 2.31. The van der Waals surface area contributed by atoms with Crippen molar-refractivity contribution in [3.63, 3.8) is 0 Å². The van der Waals surface area contributed by atoms with Crippen LogP contribution in [0.25, 0.3) is 33.4 Å². The topological polar surface area (TPSA) is 90.8 Å². The summed E-state index contributed by atoms with van der Waals surface area (Å²) in [7, 11) is 7.76. The minimum absolute atomic E-state index is 0.0159. The van der Waals surface area contributed by atoms with E-state index >= 15 is 0 Å². The summed E-state index contributed by atoms with van der Waals surface area (Å²) >= 11 is 0. The highest BCUT2D eigenvalue weighted by Crippen LogP contribution is 2.42. The van der Waals surface area contributed by atoms with Crippen LogP contribution >= 0.6 is 0 Å². The zero-order valence-electron chi connectivity index (χ0n) is 20.4. The van der Waals surface area contributed by atoms with Crippen molar-refractivity contribution in [2.75, 3.05) is 33.1 Å². The molecule has 0 fully saturated rings. The lowest BCUT2D eigenvalue weighted by atomic mass is 9.87. The number of fused-ring (bicyclic) bond motifs is 2. The van der Waals surface area contributed by atoms with E-state index in [9.17, 15) is 19.5 Å². The summed E-state index contributed by atoms with van der Waals surface area (Å²) < 4.78 is 8.29. The number of hydrogen-bond donors (Lipinski definition) is 1. The third-order valence-electron chi connectivity index (χ3n) is 6.58. The lowest BCUT2D eigenvalue weighted by Gasteiger charge is -2.19. The molecule has 1 heterocycles. The third kappa shape index (κ3) is 3.79. The number of allylic oxidation sites excluding steroid dienone is 2. The normalized spacial score (nSPS) is 13.7. The van der Waals surface area contributed by atoms with E-state index in [1.165, 1.54) is 18.2 Å². The number of anilines is 1. The zero-order valence-corrected chi connectivity index (χ0v) is 20.4. The summed E-state index contributed by atoms with van der Waals surface area (Å²) in [6, 6.07) is 16.4. The van der Waals surface area contributed by atoms with Gasteiger partial charge in [0.25, 0.3) is 0 Å². The second kappa shape index (κ2) is 8.61. The highest BCUT2D eigenvalue weighted by molar-refractivity contribution is 6.22. The first kappa shape index (κ1) is 23.2. The van der Waals surface area contributed by atoms with Gasteiger partial charge in [-0.2, -0.15) is 0 Å². The van der Waals surface area contributed by atoms with Crippen molar-refractivity contribution in [3.8, 4) is 22.5 Å². The average Bonchev–Trinajstić information content (AvgIpc) is 3.19. The molecule has 7 heteroatoms. The number of carbonyl (C=O) groups excluding carboxylic acids is 2. The lowest BCUT2D eigenvalue weighted by molar-refractivity contribution is -0.122. The fourth-order valence-corrected chi connectivity index (χ4v) is 4.68. The number of ketones is 2. The van der Waals surface area contributed by atoms with E-state index in [1.807, 2.05) is 74.1 Å². The van der Waals surface area contributed by atoms with Crippen molar-refractivity contribution in [2.24, 2.45) is 0 Å². The second-order valence-electron chi connectivity index (χ2n) is 9.31. The summed E-state index contributed by atoms with van der Waals surface area (Å²) in [5.74, 6) is -2.21. The molecule has 180 valence electrons. The number of nitrogens with zero attached hydrogens (tertiary/aromatic N) is 2. The van der Waals surface area contributed by atoms with Crippen LogP contribution in [-0.2, 0) is 9.59 Å². The Morgan fingerprint density at radius 1 is 0.917 bits per heavy atom. The van der Waals surface area contributed by atoms with Gasteiger partial charge < -0.3 is 14.4 Å². The van der Waals surface area contributed by atoms with E-state index in [2.05, 4.69) is 0 Å². The second-order valence-corrected chi connectivity index (χ2v) is 9.31. The van der Waals surface area contributed by atoms with Crippen molar-refractivity contribution in [1.82, 2.24) is 4.58 Å². The molecule has 0 aromatic heterocycles. The van der Waals surface area contributed by atoms with E-state index in [4.69, 9.17) is 4.42 Å². The van der Waals surface area contributed by atoms with Crippen molar-refractivity contribution in [3.05, 3.63) is 83.2 Å². The fourth-order valence-electron chi connectivity index (χ4n) is 4.68. The standard InChI is InChI=1S/C29H24N2O5/c1-30(2)17-6-9-20-25(14-17)36-26-15-18(31(3)4)7-10-21(26)28(20)19-8-5-16(13-22(19)29(34)35)27-23(32)11-12-24(27)33/h5-15,27H,1-4H3/p+1. The Morgan fingerprint density at radius 3 is 2.25 bits per heavy atom. The molecule has 1 N–H and O–H groups in total. The fraction of sp³-hybridized carbons (Fsp3) is 0.172. The van der Waals surface area contributed by atoms with Crippen LogP contribution in [-0.4, -0.2) is 50.8 Å². The van der Waals surface area contributed by atoms with Gasteiger partial charge in [0.05, 0.1) is 11.6 Å². The molecule has 2 aliphatic carbocycles. The molecule has 2 aromatic rings. The Morgan fingerprint density at radius 2 is 1.61 bits per heavy atom. The molecule has 0 unspecified atom stereocenters. The molecule has 1 aliphatic heterocycles. The van der Waals surface area contributed by atoms with Crippen molar-refractivity contribution >= 4 is 34.2 Å². The number of carboxylic acid groups (broad SMARTS) is 1. The predicted molar refractivity (Wildman–Crippen MR) is 139 cm³/mol. The van der Waals surface area contributed by atoms with Gasteiger partial charge in [-0.3, -0.25) is 9.59 Å². The third-order valence-corrected chi connectivity index (χ3v) is 6.58. The van der Waals surface area contributed by atoms with Gasteiger partial charge >= 0.3 is 5.97 Å². The van der Waals surface area contributed by atoms with Crippen molar-refractivity contribution in [1.29, 1.82) is 0 Å². The van der Waals surface area contributed by atoms with Gasteiger partial charge in [-0.25, -0.2) is 9.37 Å². The van der Waals surface area contributed by atoms with Crippen LogP contribution in [0.4, 0.5) is 5.69 Å². The van der Waals surface area contributed by atoms with E-state index in [1.54, 1.807) is 12.1 Å². The summed E-state index contributed by atoms with van der Waals surface area (Å²) in [5, 5.41) is 11.9. The smallest absolute Gasteiger partial charge is 0.336 e. The van der Waals surface area contributed by atoms with Crippen LogP contribution in [0.5, 0.6) is 0 Å². The number of aromatic carboxylic acids is 1. The Bertz CT molecular complexity index is 1640. The summed E-state index contributed by atoms with van der Waals surface area (Å²) in [4.78, 5) is 39.0. The van der Waals surface area contributed by atoms with Crippen LogP contribution in [0.1, 0.15) is 21.8 Å². The molecule has 0 saturated carbocycles. The average molecular weight is 482 g/mol. The largest absolute Gasteiger partial charge is 0.478 e. The van der Waals surface area contributed by atoms with Crippen molar-refractivity contribution in [2.45, 2.75) is 5.92 Å². The van der Waals surface area contributed by atoms with Gasteiger partial charge in [-0.05, 0) is 47.5 Å². The van der Waals surface area contributed by atoms with E-state index in [0.717, 1.165) is 22.0 Å². The van der Waals surface area contributed by atoms with Gasteiger partial charge in [-0.15, -0.1) is 0 Å². The summed E-state index contributed by atoms with van der Waals surface area (Å²) in [5.41, 5.74) is 3.91. The van der Waals surface area contributed by atoms with Crippen LogP contribution in [0.15, 0.2) is 71.2 Å². The Kier molecular flexibility index (Phi) is 5.55. The quantitative estimate of drug-likeness (QED) is 0.271. The SMILES string of the molecule is CN(C)c1ccc2c(-c3ccc(C4C(=O)C=CC4=O)cc3C(=O)O)c3ccc(=[N+](C)C)cc-3oc2c1. The molecule has 0 amide bonds. The molecule has 2 aromatic carbocycles. The monoisotopic (exact) mass is 481 g/mol. The molecule has 3 aliphatic rings. The van der Waals surface area contributed by atoms with Gasteiger partial charge in [0.1, 0.15) is 31.4 Å². The maximum Gasteiger partial charge on any atom is 0.336 e. The molecule has 36 heavy (non-hydrogen) atoms. The van der Waals surface area contributed by atoms with Crippen molar-refractivity contribution < 1.29 is 23.9 Å². The zero-order chi connectivity index (χ0) is 25.7. The lowest BCUT2D eigenvalue weighted by Crippen LogP contribution is -2.21. The summed E-state index contributed by atoms with van der Waals surface area (Å²) in [6.07, 6.45) is 2.48. The van der Waals surface area contributed by atoms with Crippen LogP contribution in [0.2, 0.25) is 0 Å². The van der Waals surface area contributed by atoms with E-state index in [-0.39, 0.29) is 17.1 Å². The number of benzene rings is 3. The molecule has 5 rings (SSSR count). The molecular weight excluding hydrogens is 456 g/mol. The number of hydrogen-bond acceptors (Lipinski definition) is 5. The Labute approximate surface area is 207 Å². The van der Waals surface area contributed by atoms with E-state index in [0.29, 0.717) is 28.0 Å². The van der Waals surface area contributed by atoms with E-state index < -0.39 is 11.9 Å². The van der Waals surface area contributed by atoms with Gasteiger partial charge in [0, 0.05) is 48.4 Å². The molecule has 0 radical (unpaired) electrons. The molecule has 0 atom stereocenters. The molecule has 0 spiro atoms. The molecule has 0 saturated heterocycles. The molecule has 7 nitrogen and oxygen atoms in total. The van der Waals surface area contributed by atoms with Gasteiger partial charge in [0.15, 0.2) is 11.6 Å². The maximum absolute atomic E-state index is 12.5. The summed E-state index contributed by atoms with van der Waals surface area (Å²) in [6.45, 7) is 0. The van der Waals surface area contributed by atoms with Crippen LogP contribution < -0.4 is 14.8 Å². The van der Waals surface area contributed by atoms with Crippen LogP contribution in [0, 0.1) is 0 Å². The minimum Gasteiger partial charge on any atom is -0.478 e. The maximum atomic E-state index is 12.5. The Hall–Kier alpha value is -4.52. The molecule has 0 bridgehead atoms. The number of rotatable bonds is 4.